The van der Waals surface area contributed by atoms with E-state index in [0.29, 0.717) is 17.9 Å². The van der Waals surface area contributed by atoms with Gasteiger partial charge in [0, 0.05) is 5.54 Å². The standard InChI is InChI=1S/C21H26N2O4S/c1-15-10-11-18-17(12-15)23(28(4,25)26)14-19(27-18)20(24)22-21(2,3)13-16-8-6-5-7-9-16/h5-12,19H,13-14H2,1-4H3,(H,22,24)/t19-/m0/s1. The molecule has 0 fully saturated rings. The van der Waals surface area contributed by atoms with Crippen molar-refractivity contribution in [2.75, 3.05) is 17.1 Å². The second-order valence-corrected chi connectivity index (χ2v) is 9.81. The Bertz CT molecular complexity index is 971. The number of carbonyl (C=O) groups excluding carboxylic acids is 1. The van der Waals surface area contributed by atoms with Crippen LogP contribution in [0.15, 0.2) is 48.5 Å². The summed E-state index contributed by atoms with van der Waals surface area (Å²) in [5, 5.41) is 3.00. The molecule has 0 unspecified atom stereocenters. The normalized spacial score (nSPS) is 16.9. The van der Waals surface area contributed by atoms with E-state index in [1.54, 1.807) is 12.1 Å². The van der Waals surface area contributed by atoms with Gasteiger partial charge in [0.25, 0.3) is 5.91 Å². The van der Waals surface area contributed by atoms with Crippen LogP contribution in [0.5, 0.6) is 5.75 Å². The smallest absolute Gasteiger partial charge is 0.263 e. The lowest BCUT2D eigenvalue weighted by Crippen LogP contribution is -2.55. The first-order chi connectivity index (χ1) is 13.0. The largest absolute Gasteiger partial charge is 0.476 e. The van der Waals surface area contributed by atoms with Crippen LogP contribution < -0.4 is 14.4 Å². The second-order valence-electron chi connectivity index (χ2n) is 7.91. The molecular weight excluding hydrogens is 376 g/mol. The Morgan fingerprint density at radius 3 is 2.54 bits per heavy atom. The third kappa shape index (κ3) is 4.65. The predicted molar refractivity (Wildman–Crippen MR) is 110 cm³/mol. The summed E-state index contributed by atoms with van der Waals surface area (Å²) in [5.41, 5.74) is 1.99. The highest BCUT2D eigenvalue weighted by molar-refractivity contribution is 7.92. The Hall–Kier alpha value is -2.54. The molecule has 28 heavy (non-hydrogen) atoms. The van der Waals surface area contributed by atoms with Gasteiger partial charge in [-0.15, -0.1) is 0 Å². The molecule has 1 aliphatic rings. The summed E-state index contributed by atoms with van der Waals surface area (Å²) in [6.07, 6.45) is 0.872. The number of nitrogens with zero attached hydrogens (tertiary/aromatic N) is 1. The molecule has 3 rings (SSSR count). The summed E-state index contributed by atoms with van der Waals surface area (Å²) in [5.74, 6) is 0.0593. The fraction of sp³-hybridized carbons (Fsp3) is 0.381. The van der Waals surface area contributed by atoms with Crippen molar-refractivity contribution in [1.82, 2.24) is 5.32 Å². The van der Waals surface area contributed by atoms with Gasteiger partial charge in [0.15, 0.2) is 6.10 Å². The van der Waals surface area contributed by atoms with Crippen molar-refractivity contribution in [3.05, 3.63) is 59.7 Å². The molecule has 0 bridgehead atoms. The number of carbonyl (C=O) groups is 1. The van der Waals surface area contributed by atoms with Crippen molar-refractivity contribution in [1.29, 1.82) is 0 Å². The van der Waals surface area contributed by atoms with Gasteiger partial charge < -0.3 is 10.1 Å². The third-order valence-corrected chi connectivity index (χ3v) is 5.77. The van der Waals surface area contributed by atoms with Gasteiger partial charge in [0.2, 0.25) is 10.0 Å². The van der Waals surface area contributed by atoms with Crippen LogP contribution in [0, 0.1) is 6.92 Å². The molecule has 0 radical (unpaired) electrons. The molecule has 7 heteroatoms. The van der Waals surface area contributed by atoms with E-state index in [0.717, 1.165) is 17.4 Å². The summed E-state index contributed by atoms with van der Waals surface area (Å²) in [6, 6.07) is 15.2. The van der Waals surface area contributed by atoms with Crippen molar-refractivity contribution < 1.29 is 17.9 Å². The zero-order valence-electron chi connectivity index (χ0n) is 16.6. The quantitative estimate of drug-likeness (QED) is 0.834. The van der Waals surface area contributed by atoms with Crippen LogP contribution >= 0.6 is 0 Å². The molecule has 0 saturated heterocycles. The van der Waals surface area contributed by atoms with Crippen molar-refractivity contribution in [2.45, 2.75) is 38.8 Å². The molecule has 1 N–H and O–H groups in total. The van der Waals surface area contributed by atoms with Crippen LogP contribution in [0.4, 0.5) is 5.69 Å². The number of fused-ring (bicyclic) bond motifs is 1. The lowest BCUT2D eigenvalue weighted by molar-refractivity contribution is -0.129. The summed E-state index contributed by atoms with van der Waals surface area (Å²) >= 11 is 0. The maximum absolute atomic E-state index is 12.9. The number of hydrogen-bond donors (Lipinski definition) is 1. The summed E-state index contributed by atoms with van der Waals surface area (Å²) in [4.78, 5) is 12.9. The van der Waals surface area contributed by atoms with Gasteiger partial charge in [-0.05, 0) is 50.5 Å². The van der Waals surface area contributed by atoms with Gasteiger partial charge in [-0.2, -0.15) is 0 Å². The SMILES string of the molecule is Cc1ccc2c(c1)N(S(C)(=O)=O)C[C@@H](C(=O)NC(C)(C)Cc1ccccc1)O2. The number of aryl methyl sites for hydroxylation is 1. The fourth-order valence-corrected chi connectivity index (χ4v) is 4.28. The molecule has 150 valence electrons. The van der Waals surface area contributed by atoms with Crippen molar-refractivity contribution in [3.8, 4) is 5.75 Å². The van der Waals surface area contributed by atoms with E-state index in [2.05, 4.69) is 5.32 Å². The van der Waals surface area contributed by atoms with E-state index >= 15 is 0 Å². The Morgan fingerprint density at radius 2 is 1.89 bits per heavy atom. The maximum Gasteiger partial charge on any atom is 0.263 e. The van der Waals surface area contributed by atoms with Crippen LogP contribution in [-0.2, 0) is 21.2 Å². The van der Waals surface area contributed by atoms with E-state index in [-0.39, 0.29) is 12.5 Å². The maximum atomic E-state index is 12.9. The van der Waals surface area contributed by atoms with Crippen molar-refractivity contribution in [3.63, 3.8) is 0 Å². The average Bonchev–Trinajstić information content (AvgIpc) is 2.59. The highest BCUT2D eigenvalue weighted by atomic mass is 32.2. The molecular formula is C21H26N2O4S. The van der Waals surface area contributed by atoms with E-state index in [4.69, 9.17) is 4.74 Å². The first-order valence-electron chi connectivity index (χ1n) is 9.16. The Morgan fingerprint density at radius 1 is 1.21 bits per heavy atom. The van der Waals surface area contributed by atoms with E-state index in [1.807, 2.05) is 57.2 Å². The van der Waals surface area contributed by atoms with E-state index in [9.17, 15) is 13.2 Å². The van der Waals surface area contributed by atoms with Gasteiger partial charge in [0.05, 0.1) is 18.5 Å². The van der Waals surface area contributed by atoms with Crippen LogP contribution in [0.3, 0.4) is 0 Å². The number of sulfonamides is 1. The molecule has 0 aromatic heterocycles. The highest BCUT2D eigenvalue weighted by Crippen LogP contribution is 2.35. The molecule has 0 spiro atoms. The van der Waals surface area contributed by atoms with Crippen molar-refractivity contribution in [2.24, 2.45) is 0 Å². The first kappa shape index (κ1) is 20.2. The number of nitrogens with one attached hydrogen (secondary N) is 1. The summed E-state index contributed by atoms with van der Waals surface area (Å²) < 4.78 is 31.7. The Kier molecular flexibility index (Phi) is 5.39. The third-order valence-electron chi connectivity index (χ3n) is 4.63. The first-order valence-corrected chi connectivity index (χ1v) is 11.0. The Balaban J connectivity index is 1.80. The van der Waals surface area contributed by atoms with Gasteiger partial charge >= 0.3 is 0 Å². The number of hydrogen-bond acceptors (Lipinski definition) is 4. The van der Waals surface area contributed by atoms with Gasteiger partial charge in [-0.3, -0.25) is 9.10 Å². The molecule has 0 aliphatic carbocycles. The van der Waals surface area contributed by atoms with Gasteiger partial charge in [-0.1, -0.05) is 36.4 Å². The molecule has 0 saturated carbocycles. The van der Waals surface area contributed by atoms with Crippen molar-refractivity contribution >= 4 is 21.6 Å². The topological polar surface area (TPSA) is 75.7 Å². The zero-order chi connectivity index (χ0) is 20.5. The lowest BCUT2D eigenvalue weighted by atomic mass is 9.94. The highest BCUT2D eigenvalue weighted by Gasteiger charge is 2.36. The summed E-state index contributed by atoms with van der Waals surface area (Å²) in [7, 11) is -3.54. The zero-order valence-corrected chi connectivity index (χ0v) is 17.4. The second kappa shape index (κ2) is 7.47. The number of amides is 1. The summed E-state index contributed by atoms with van der Waals surface area (Å²) in [6.45, 7) is 5.70. The molecule has 1 aliphatic heterocycles. The molecule has 2 aromatic carbocycles. The van der Waals surface area contributed by atoms with Crippen LogP contribution in [0.2, 0.25) is 0 Å². The average molecular weight is 403 g/mol. The molecule has 1 heterocycles. The van der Waals surface area contributed by atoms with Gasteiger partial charge in [-0.25, -0.2) is 8.42 Å². The van der Waals surface area contributed by atoms with Crippen LogP contribution in [-0.4, -0.2) is 38.8 Å². The molecule has 1 atom stereocenters. The predicted octanol–water partition coefficient (Wildman–Crippen LogP) is 2.66. The van der Waals surface area contributed by atoms with Gasteiger partial charge in [0.1, 0.15) is 5.75 Å². The number of rotatable bonds is 5. The lowest BCUT2D eigenvalue weighted by Gasteiger charge is -2.36. The number of anilines is 1. The van der Waals surface area contributed by atoms with E-state index < -0.39 is 21.7 Å². The minimum Gasteiger partial charge on any atom is -0.476 e. The fourth-order valence-electron chi connectivity index (χ4n) is 3.38. The number of ether oxygens (including phenoxy) is 1. The minimum absolute atomic E-state index is 0.0530. The Labute approximate surface area is 166 Å². The molecule has 2 aromatic rings. The van der Waals surface area contributed by atoms with E-state index in [1.165, 1.54) is 4.31 Å². The van der Waals surface area contributed by atoms with Crippen LogP contribution in [0.25, 0.3) is 0 Å². The van der Waals surface area contributed by atoms with Crippen LogP contribution in [0.1, 0.15) is 25.0 Å². The molecule has 1 amide bonds. The molecule has 6 nitrogen and oxygen atoms in total. The minimum atomic E-state index is -3.54. The monoisotopic (exact) mass is 402 g/mol. The number of benzene rings is 2.